The molecule has 0 saturated heterocycles. The highest BCUT2D eigenvalue weighted by Crippen LogP contribution is 2.22. The van der Waals surface area contributed by atoms with Crippen molar-refractivity contribution in [1.82, 2.24) is 9.97 Å². The number of aromatic nitrogens is 2. The molecule has 0 unspecified atom stereocenters. The summed E-state index contributed by atoms with van der Waals surface area (Å²) in [4.78, 5) is 11.6. The van der Waals surface area contributed by atoms with Gasteiger partial charge >= 0.3 is 0 Å². The van der Waals surface area contributed by atoms with E-state index < -0.39 is 5.82 Å². The van der Waals surface area contributed by atoms with E-state index in [9.17, 15) is 4.39 Å². The maximum atomic E-state index is 13.1. The average molecular weight is 272 g/mol. The summed E-state index contributed by atoms with van der Waals surface area (Å²) in [6.07, 6.45) is 7.94. The molecule has 2 N–H and O–H groups in total. The van der Waals surface area contributed by atoms with Crippen LogP contribution < -0.4 is 5.73 Å². The van der Waals surface area contributed by atoms with E-state index in [0.717, 1.165) is 17.3 Å². The Kier molecular flexibility index (Phi) is 5.53. The standard InChI is InChI=1S/C15H17FN4/c1-5-6-12(11(3)7-10(2)8-18-4)15-19-9-13(16)14(17)20-15/h5-9H,1,4H2,2-3H3,(H2,17,19,20)/b10-8-,11-7+,12-6+. The molecule has 0 amide bonds. The summed E-state index contributed by atoms with van der Waals surface area (Å²) in [6, 6.07) is 0. The van der Waals surface area contributed by atoms with Gasteiger partial charge in [-0.05, 0) is 31.7 Å². The van der Waals surface area contributed by atoms with Gasteiger partial charge < -0.3 is 5.73 Å². The first-order valence-electron chi connectivity index (χ1n) is 5.92. The van der Waals surface area contributed by atoms with Crippen LogP contribution in [0.4, 0.5) is 10.2 Å². The Morgan fingerprint density at radius 2 is 2.15 bits per heavy atom. The van der Waals surface area contributed by atoms with Crippen LogP contribution in [0.5, 0.6) is 0 Å². The minimum atomic E-state index is -0.639. The van der Waals surface area contributed by atoms with Crippen molar-refractivity contribution in [2.75, 3.05) is 5.73 Å². The van der Waals surface area contributed by atoms with Crippen molar-refractivity contribution >= 4 is 18.1 Å². The first kappa shape index (κ1) is 15.5. The Balaban J connectivity index is 3.28. The molecule has 1 aromatic heterocycles. The van der Waals surface area contributed by atoms with Gasteiger partial charge in [-0.15, -0.1) is 0 Å². The van der Waals surface area contributed by atoms with Gasteiger partial charge in [-0.1, -0.05) is 24.8 Å². The third-order valence-corrected chi connectivity index (χ3v) is 2.46. The molecule has 1 aromatic rings. The van der Waals surface area contributed by atoms with Crippen molar-refractivity contribution in [2.45, 2.75) is 13.8 Å². The summed E-state index contributed by atoms with van der Waals surface area (Å²) in [6.45, 7) is 10.8. The van der Waals surface area contributed by atoms with Crippen molar-refractivity contribution in [3.05, 3.63) is 60.0 Å². The van der Waals surface area contributed by atoms with Crippen LogP contribution in [-0.4, -0.2) is 16.7 Å². The van der Waals surface area contributed by atoms with Gasteiger partial charge in [0.2, 0.25) is 0 Å². The molecule has 0 spiro atoms. The Bertz CT molecular complexity index is 612. The Morgan fingerprint density at radius 1 is 1.45 bits per heavy atom. The van der Waals surface area contributed by atoms with Crippen LogP contribution >= 0.6 is 0 Å². The molecule has 0 saturated carbocycles. The van der Waals surface area contributed by atoms with E-state index in [0.29, 0.717) is 11.4 Å². The number of rotatable bonds is 5. The van der Waals surface area contributed by atoms with Crippen LogP contribution in [-0.2, 0) is 0 Å². The summed E-state index contributed by atoms with van der Waals surface area (Å²) in [5.74, 6) is -0.477. The van der Waals surface area contributed by atoms with Crippen molar-refractivity contribution in [3.63, 3.8) is 0 Å². The molecule has 1 heterocycles. The van der Waals surface area contributed by atoms with Crippen LogP contribution in [0.2, 0.25) is 0 Å². The lowest BCUT2D eigenvalue weighted by molar-refractivity contribution is 0.618. The highest BCUT2D eigenvalue weighted by molar-refractivity contribution is 5.76. The molecule has 104 valence electrons. The van der Waals surface area contributed by atoms with Crippen LogP contribution in [0.3, 0.4) is 0 Å². The zero-order valence-corrected chi connectivity index (χ0v) is 11.6. The van der Waals surface area contributed by atoms with Crippen molar-refractivity contribution < 1.29 is 4.39 Å². The van der Waals surface area contributed by atoms with Crippen molar-refractivity contribution in [2.24, 2.45) is 4.99 Å². The minimum Gasteiger partial charge on any atom is -0.381 e. The fraction of sp³-hybridized carbons (Fsp3) is 0.133. The largest absolute Gasteiger partial charge is 0.381 e. The van der Waals surface area contributed by atoms with Gasteiger partial charge in [-0.25, -0.2) is 14.4 Å². The number of halogens is 1. The molecule has 0 radical (unpaired) electrons. The van der Waals surface area contributed by atoms with Crippen molar-refractivity contribution in [3.8, 4) is 0 Å². The molecule has 0 aliphatic heterocycles. The summed E-state index contributed by atoms with van der Waals surface area (Å²) in [5.41, 5.74) is 7.98. The predicted molar refractivity (Wildman–Crippen MR) is 81.6 cm³/mol. The monoisotopic (exact) mass is 272 g/mol. The second kappa shape index (κ2) is 7.13. The van der Waals surface area contributed by atoms with E-state index in [-0.39, 0.29) is 5.82 Å². The molecule has 0 bridgehead atoms. The normalized spacial score (nSPS) is 13.2. The van der Waals surface area contributed by atoms with Crippen molar-refractivity contribution in [1.29, 1.82) is 0 Å². The average Bonchev–Trinajstić information content (AvgIpc) is 2.39. The molecule has 0 aliphatic carbocycles. The second-order valence-corrected chi connectivity index (χ2v) is 4.13. The molecule has 0 fully saturated rings. The highest BCUT2D eigenvalue weighted by Gasteiger charge is 2.09. The quantitative estimate of drug-likeness (QED) is 0.660. The third-order valence-electron chi connectivity index (χ3n) is 2.46. The van der Waals surface area contributed by atoms with E-state index in [1.165, 1.54) is 0 Å². The van der Waals surface area contributed by atoms with E-state index >= 15 is 0 Å². The van der Waals surface area contributed by atoms with E-state index in [1.807, 2.05) is 19.9 Å². The van der Waals surface area contributed by atoms with Gasteiger partial charge in [0.05, 0.1) is 6.20 Å². The number of hydrogen-bond acceptors (Lipinski definition) is 4. The lowest BCUT2D eigenvalue weighted by Gasteiger charge is -2.07. The van der Waals surface area contributed by atoms with Crippen LogP contribution in [0, 0.1) is 5.82 Å². The molecular formula is C15H17FN4. The molecule has 5 heteroatoms. The minimum absolute atomic E-state index is 0.183. The molecule has 0 atom stereocenters. The van der Waals surface area contributed by atoms with Gasteiger partial charge in [-0.2, -0.15) is 0 Å². The topological polar surface area (TPSA) is 64.2 Å². The van der Waals surface area contributed by atoms with Gasteiger partial charge in [0.15, 0.2) is 17.5 Å². The van der Waals surface area contributed by atoms with E-state index in [4.69, 9.17) is 5.73 Å². The summed E-state index contributed by atoms with van der Waals surface area (Å²) in [5, 5.41) is 0. The molecule has 1 rings (SSSR count). The maximum absolute atomic E-state index is 13.1. The maximum Gasteiger partial charge on any atom is 0.183 e. The zero-order chi connectivity index (χ0) is 15.1. The predicted octanol–water partition coefficient (Wildman–Crippen LogP) is 3.32. The van der Waals surface area contributed by atoms with Gasteiger partial charge in [-0.3, -0.25) is 4.99 Å². The lowest BCUT2D eigenvalue weighted by atomic mass is 10.0. The summed E-state index contributed by atoms with van der Waals surface area (Å²) < 4.78 is 13.1. The number of nitrogen functional groups attached to an aromatic ring is 1. The van der Waals surface area contributed by atoms with Gasteiger partial charge in [0.25, 0.3) is 0 Å². The number of allylic oxidation sites excluding steroid dienone is 6. The SMILES string of the molecule is C=C\C=C(/C(C)=C/C(C)=C\N=C)c1ncc(F)c(N)n1. The van der Waals surface area contributed by atoms with E-state index in [1.54, 1.807) is 18.4 Å². The lowest BCUT2D eigenvalue weighted by Crippen LogP contribution is -2.02. The fourth-order valence-electron chi connectivity index (χ4n) is 1.61. The highest BCUT2D eigenvalue weighted by atomic mass is 19.1. The number of nitrogens with zero attached hydrogens (tertiary/aromatic N) is 3. The third kappa shape index (κ3) is 3.98. The van der Waals surface area contributed by atoms with Crippen LogP contribution in [0.1, 0.15) is 19.7 Å². The molecule has 0 aliphatic rings. The summed E-state index contributed by atoms with van der Waals surface area (Å²) >= 11 is 0. The number of nitrogens with two attached hydrogens (primary N) is 1. The molecule has 0 aromatic carbocycles. The smallest absolute Gasteiger partial charge is 0.183 e. The summed E-state index contributed by atoms with van der Waals surface area (Å²) in [7, 11) is 0. The molecular weight excluding hydrogens is 255 g/mol. The fourth-order valence-corrected chi connectivity index (χ4v) is 1.61. The molecule has 20 heavy (non-hydrogen) atoms. The first-order valence-corrected chi connectivity index (χ1v) is 5.92. The Labute approximate surface area is 118 Å². The second-order valence-electron chi connectivity index (χ2n) is 4.13. The number of anilines is 1. The Morgan fingerprint density at radius 3 is 2.70 bits per heavy atom. The number of hydrogen-bond donors (Lipinski definition) is 1. The molecule has 4 nitrogen and oxygen atoms in total. The Hall–Kier alpha value is -2.56. The first-order chi connectivity index (χ1) is 9.49. The van der Waals surface area contributed by atoms with Crippen LogP contribution in [0.25, 0.3) is 5.57 Å². The van der Waals surface area contributed by atoms with Gasteiger partial charge in [0, 0.05) is 11.8 Å². The number of aliphatic imine (C=N–C) groups is 1. The van der Waals surface area contributed by atoms with Gasteiger partial charge in [0.1, 0.15) is 0 Å². The van der Waals surface area contributed by atoms with Crippen LogP contribution in [0.15, 0.2) is 53.3 Å². The van der Waals surface area contributed by atoms with E-state index in [2.05, 4.69) is 28.3 Å². The zero-order valence-electron chi connectivity index (χ0n) is 11.6.